The van der Waals surface area contributed by atoms with Crippen molar-refractivity contribution in [3.05, 3.63) is 76.9 Å². The number of aromatic hydroxyl groups is 3. The van der Waals surface area contributed by atoms with E-state index in [-0.39, 0.29) is 39.6 Å². The van der Waals surface area contributed by atoms with Gasteiger partial charge in [-0.05, 0) is 37.3 Å². The van der Waals surface area contributed by atoms with Crippen LogP contribution in [-0.4, -0.2) is 15.3 Å². The van der Waals surface area contributed by atoms with Crippen molar-refractivity contribution in [3.8, 4) is 34.1 Å². The summed E-state index contributed by atoms with van der Waals surface area (Å²) in [7, 11) is 0. The van der Waals surface area contributed by atoms with E-state index in [1.807, 2.05) is 13.0 Å². The van der Waals surface area contributed by atoms with E-state index in [2.05, 4.69) is 0 Å². The average molecular weight is 362 g/mol. The second kappa shape index (κ2) is 6.17. The molecule has 0 radical (unpaired) electrons. The van der Waals surface area contributed by atoms with Crippen LogP contribution in [0.4, 0.5) is 0 Å². The Bertz CT molecular complexity index is 1240. The largest absolute Gasteiger partial charge is 0.507 e. The van der Waals surface area contributed by atoms with E-state index in [1.165, 1.54) is 12.1 Å². The Hall–Kier alpha value is -3.80. The van der Waals surface area contributed by atoms with Gasteiger partial charge in [-0.1, -0.05) is 12.1 Å². The van der Waals surface area contributed by atoms with Gasteiger partial charge in [0.1, 0.15) is 28.2 Å². The van der Waals surface area contributed by atoms with Gasteiger partial charge >= 0.3 is 5.63 Å². The van der Waals surface area contributed by atoms with Crippen molar-refractivity contribution in [2.24, 2.45) is 0 Å². The number of phenols is 2. The van der Waals surface area contributed by atoms with E-state index in [1.54, 1.807) is 47.3 Å². The highest BCUT2D eigenvalue weighted by atomic mass is 16.4. The van der Waals surface area contributed by atoms with Gasteiger partial charge in [-0.25, -0.2) is 4.79 Å². The molecule has 0 aliphatic rings. The van der Waals surface area contributed by atoms with Gasteiger partial charge in [-0.2, -0.15) is 4.57 Å². The van der Waals surface area contributed by atoms with Crippen LogP contribution in [0.25, 0.3) is 27.8 Å². The van der Waals surface area contributed by atoms with Crippen LogP contribution in [0.15, 0.2) is 70.1 Å². The van der Waals surface area contributed by atoms with Gasteiger partial charge in [0.2, 0.25) is 0 Å². The Balaban J connectivity index is 2.14. The van der Waals surface area contributed by atoms with Crippen LogP contribution < -0.4 is 10.2 Å². The van der Waals surface area contributed by atoms with E-state index in [4.69, 9.17) is 4.42 Å². The highest BCUT2D eigenvalue weighted by Crippen LogP contribution is 2.42. The van der Waals surface area contributed by atoms with Crippen LogP contribution in [0.1, 0.15) is 5.56 Å². The first kappa shape index (κ1) is 16.7. The topological polar surface area (TPSA) is 94.8 Å². The van der Waals surface area contributed by atoms with E-state index in [9.17, 15) is 20.1 Å². The first-order chi connectivity index (χ1) is 13.0. The number of nitrogens with zero attached hydrogens (tertiary/aromatic N) is 1. The van der Waals surface area contributed by atoms with Crippen LogP contribution in [0, 0.1) is 6.92 Å². The Kier molecular flexibility index (Phi) is 3.81. The molecule has 6 nitrogen and oxygen atoms in total. The number of benzene rings is 2. The molecule has 0 bridgehead atoms. The number of hydrogen-bond donors (Lipinski definition) is 3. The summed E-state index contributed by atoms with van der Waals surface area (Å²) in [6.07, 6.45) is 3.41. The zero-order chi connectivity index (χ0) is 19.1. The first-order valence-electron chi connectivity index (χ1n) is 8.26. The summed E-state index contributed by atoms with van der Waals surface area (Å²) < 4.78 is 6.90. The van der Waals surface area contributed by atoms with E-state index in [0.29, 0.717) is 5.39 Å². The molecule has 0 amide bonds. The fourth-order valence-corrected chi connectivity index (χ4v) is 3.16. The standard InChI is InChI=1S/C21H15NO5/c1-12-5-4-10-22(11-12)19-15(24)9-8-14(23)17(19)18-20(25)13-6-2-3-7-16(13)27-21(18)26/h2-11H,1H3,(H2-,23,24,25,26)/p+1. The molecule has 0 saturated heterocycles. The zero-order valence-corrected chi connectivity index (χ0v) is 14.4. The molecule has 0 saturated carbocycles. The maximum Gasteiger partial charge on any atom is 0.348 e. The van der Waals surface area contributed by atoms with Gasteiger partial charge in [0.25, 0.3) is 5.69 Å². The number of fused-ring (bicyclic) bond motifs is 1. The highest BCUT2D eigenvalue weighted by Gasteiger charge is 2.29. The molecule has 134 valence electrons. The van der Waals surface area contributed by atoms with Crippen molar-refractivity contribution in [2.45, 2.75) is 6.92 Å². The molecule has 2 aromatic carbocycles. The Morgan fingerprint density at radius 2 is 1.63 bits per heavy atom. The van der Waals surface area contributed by atoms with Gasteiger partial charge in [0.05, 0.1) is 5.39 Å². The molecule has 0 atom stereocenters. The Morgan fingerprint density at radius 3 is 2.41 bits per heavy atom. The number of rotatable bonds is 2. The van der Waals surface area contributed by atoms with Gasteiger partial charge in [-0.3, -0.25) is 0 Å². The molecular formula is C21H16NO5+. The smallest absolute Gasteiger partial charge is 0.348 e. The lowest BCUT2D eigenvalue weighted by Gasteiger charge is -2.11. The first-order valence-corrected chi connectivity index (χ1v) is 8.26. The van der Waals surface area contributed by atoms with Gasteiger partial charge in [-0.15, -0.1) is 0 Å². The third kappa shape index (κ3) is 2.67. The lowest BCUT2D eigenvalue weighted by molar-refractivity contribution is -0.596. The summed E-state index contributed by atoms with van der Waals surface area (Å²) in [4.78, 5) is 12.6. The summed E-state index contributed by atoms with van der Waals surface area (Å²) in [5.74, 6) is -0.753. The number of pyridine rings is 1. The quantitative estimate of drug-likeness (QED) is 0.289. The molecule has 3 N–H and O–H groups in total. The fraction of sp³-hybridized carbons (Fsp3) is 0.0476. The van der Waals surface area contributed by atoms with Crippen molar-refractivity contribution in [1.29, 1.82) is 0 Å². The fourth-order valence-electron chi connectivity index (χ4n) is 3.16. The molecule has 27 heavy (non-hydrogen) atoms. The number of aromatic nitrogens is 1. The van der Waals surface area contributed by atoms with Crippen molar-refractivity contribution in [3.63, 3.8) is 0 Å². The molecule has 0 spiro atoms. The molecular weight excluding hydrogens is 346 g/mol. The number of phenolic OH excluding ortho intramolecular Hbond substituents is 2. The summed E-state index contributed by atoms with van der Waals surface area (Å²) >= 11 is 0. The van der Waals surface area contributed by atoms with Crippen molar-refractivity contribution >= 4 is 11.0 Å². The van der Waals surface area contributed by atoms with Gasteiger partial charge in [0.15, 0.2) is 18.1 Å². The summed E-state index contributed by atoms with van der Waals surface area (Å²) in [6, 6.07) is 12.8. The van der Waals surface area contributed by atoms with Crippen LogP contribution >= 0.6 is 0 Å². The predicted molar refractivity (Wildman–Crippen MR) is 99.2 cm³/mol. The summed E-state index contributed by atoms with van der Waals surface area (Å²) in [5.41, 5.74) is 0.251. The molecule has 0 unspecified atom stereocenters. The second-order valence-electron chi connectivity index (χ2n) is 6.23. The van der Waals surface area contributed by atoms with E-state index >= 15 is 0 Å². The normalized spacial score (nSPS) is 11.0. The minimum Gasteiger partial charge on any atom is -0.507 e. The molecule has 0 fully saturated rings. The number of aryl methyl sites for hydroxylation is 1. The molecule has 4 rings (SSSR count). The zero-order valence-electron chi connectivity index (χ0n) is 14.4. The minimum atomic E-state index is -0.818. The molecule has 0 aliphatic carbocycles. The van der Waals surface area contributed by atoms with Crippen LogP contribution in [0.3, 0.4) is 0 Å². The Morgan fingerprint density at radius 1 is 0.889 bits per heavy atom. The van der Waals surface area contributed by atoms with E-state index in [0.717, 1.165) is 5.56 Å². The third-order valence-corrected chi connectivity index (χ3v) is 4.38. The summed E-state index contributed by atoms with van der Waals surface area (Å²) in [6.45, 7) is 1.87. The maximum atomic E-state index is 12.6. The number of hydrogen-bond acceptors (Lipinski definition) is 5. The molecule has 2 heterocycles. The third-order valence-electron chi connectivity index (χ3n) is 4.38. The highest BCUT2D eigenvalue weighted by molar-refractivity contribution is 5.93. The van der Waals surface area contributed by atoms with Crippen LogP contribution in [-0.2, 0) is 0 Å². The predicted octanol–water partition coefficient (Wildman–Crippen LogP) is 3.16. The average Bonchev–Trinajstić information content (AvgIpc) is 2.64. The molecule has 2 aromatic heterocycles. The van der Waals surface area contributed by atoms with Gasteiger partial charge < -0.3 is 19.7 Å². The summed E-state index contributed by atoms with van der Waals surface area (Å²) in [5, 5.41) is 32.1. The lowest BCUT2D eigenvalue weighted by Crippen LogP contribution is -2.31. The van der Waals surface area contributed by atoms with Crippen molar-refractivity contribution < 1.29 is 24.3 Å². The SMILES string of the molecule is Cc1ccc[n+](-c2c(O)ccc(O)c2-c2c(O)c3ccccc3oc2=O)c1. The second-order valence-corrected chi connectivity index (χ2v) is 6.23. The van der Waals surface area contributed by atoms with Crippen LogP contribution in [0.2, 0.25) is 0 Å². The lowest BCUT2D eigenvalue weighted by atomic mass is 10.00. The van der Waals surface area contributed by atoms with Gasteiger partial charge in [0, 0.05) is 11.6 Å². The number of para-hydroxylation sites is 1. The minimum absolute atomic E-state index is 0.0115. The van der Waals surface area contributed by atoms with Crippen molar-refractivity contribution in [1.82, 2.24) is 0 Å². The Labute approximate surface area is 153 Å². The molecule has 4 aromatic rings. The van der Waals surface area contributed by atoms with Crippen molar-refractivity contribution in [2.75, 3.05) is 0 Å². The molecule has 6 heteroatoms. The van der Waals surface area contributed by atoms with Crippen LogP contribution in [0.5, 0.6) is 17.2 Å². The maximum absolute atomic E-state index is 12.6. The van der Waals surface area contributed by atoms with E-state index < -0.39 is 5.63 Å². The molecule has 0 aliphatic heterocycles. The monoisotopic (exact) mass is 362 g/mol.